The molecule has 124 valence electrons. The van der Waals surface area contributed by atoms with E-state index in [2.05, 4.69) is 5.32 Å². The molecule has 24 heavy (non-hydrogen) atoms. The third-order valence-corrected chi connectivity index (χ3v) is 3.56. The Balaban J connectivity index is 1.94. The van der Waals surface area contributed by atoms with E-state index in [0.717, 1.165) is 11.1 Å². The van der Waals surface area contributed by atoms with E-state index < -0.39 is 5.91 Å². The van der Waals surface area contributed by atoms with Gasteiger partial charge in [0.25, 0.3) is 0 Å². The first-order chi connectivity index (χ1) is 11.5. The third-order valence-electron chi connectivity index (χ3n) is 3.32. The zero-order chi connectivity index (χ0) is 17.5. The monoisotopic (exact) mass is 344 g/mol. The Morgan fingerprint density at radius 3 is 2.54 bits per heavy atom. The van der Waals surface area contributed by atoms with Crippen LogP contribution in [0.1, 0.15) is 21.5 Å². The molecule has 0 aliphatic rings. The molecule has 0 atom stereocenters. The molecular formula is C18H17ClN2O3. The Hall–Kier alpha value is -2.79. The van der Waals surface area contributed by atoms with E-state index in [-0.39, 0.29) is 5.91 Å². The number of carbonyl (C=O) groups is 2. The number of hydrogen-bond acceptors (Lipinski definition) is 3. The van der Waals surface area contributed by atoms with E-state index in [9.17, 15) is 9.59 Å². The highest BCUT2D eigenvalue weighted by Gasteiger charge is 2.05. The standard InChI is InChI=1S/C18H17ClN2O3/c1-24-16-10-15(19)8-7-14(16)11-21-17(22)9-4-12-2-5-13(6-3-12)18(20)23/h2-10H,11H2,1H3,(H2,20,23)(H,21,22). The molecule has 0 fully saturated rings. The maximum absolute atomic E-state index is 11.9. The van der Waals surface area contributed by atoms with Gasteiger partial charge >= 0.3 is 0 Å². The van der Waals surface area contributed by atoms with Gasteiger partial charge in [-0.15, -0.1) is 0 Å². The summed E-state index contributed by atoms with van der Waals surface area (Å²) in [5.41, 5.74) is 7.22. The number of hydrogen-bond donors (Lipinski definition) is 2. The quantitative estimate of drug-likeness (QED) is 0.790. The number of halogens is 1. The van der Waals surface area contributed by atoms with Crippen LogP contribution in [-0.4, -0.2) is 18.9 Å². The van der Waals surface area contributed by atoms with Crippen molar-refractivity contribution < 1.29 is 14.3 Å². The van der Waals surface area contributed by atoms with E-state index >= 15 is 0 Å². The first kappa shape index (κ1) is 17.6. The molecule has 0 heterocycles. The van der Waals surface area contributed by atoms with Gasteiger partial charge in [-0.1, -0.05) is 29.8 Å². The molecule has 0 saturated carbocycles. The number of rotatable bonds is 6. The van der Waals surface area contributed by atoms with Crippen molar-refractivity contribution in [3.63, 3.8) is 0 Å². The maximum atomic E-state index is 11.9. The van der Waals surface area contributed by atoms with Gasteiger partial charge in [-0.25, -0.2) is 0 Å². The molecule has 0 aromatic heterocycles. The molecule has 6 heteroatoms. The van der Waals surface area contributed by atoms with Gasteiger partial charge in [-0.2, -0.15) is 0 Å². The number of ether oxygens (including phenoxy) is 1. The van der Waals surface area contributed by atoms with Gasteiger partial charge in [0.15, 0.2) is 0 Å². The summed E-state index contributed by atoms with van der Waals surface area (Å²) in [5.74, 6) is -0.111. The van der Waals surface area contributed by atoms with Gasteiger partial charge in [0, 0.05) is 28.8 Å². The van der Waals surface area contributed by atoms with Crippen molar-refractivity contribution in [2.24, 2.45) is 5.73 Å². The summed E-state index contributed by atoms with van der Waals surface area (Å²) in [6, 6.07) is 11.9. The summed E-state index contributed by atoms with van der Waals surface area (Å²) < 4.78 is 5.23. The molecule has 2 amide bonds. The predicted molar refractivity (Wildman–Crippen MR) is 93.8 cm³/mol. The molecule has 0 saturated heterocycles. The Bertz CT molecular complexity index is 770. The van der Waals surface area contributed by atoms with Gasteiger partial charge in [-0.05, 0) is 35.9 Å². The van der Waals surface area contributed by atoms with Gasteiger partial charge in [0.1, 0.15) is 5.75 Å². The van der Waals surface area contributed by atoms with Crippen molar-refractivity contribution in [3.8, 4) is 5.75 Å². The summed E-state index contributed by atoms with van der Waals surface area (Å²) in [6.45, 7) is 0.324. The lowest BCUT2D eigenvalue weighted by atomic mass is 10.1. The van der Waals surface area contributed by atoms with Crippen LogP contribution in [0.4, 0.5) is 0 Å². The van der Waals surface area contributed by atoms with Crippen LogP contribution in [0.5, 0.6) is 5.75 Å². The molecule has 0 aliphatic heterocycles. The van der Waals surface area contributed by atoms with Crippen LogP contribution in [0.25, 0.3) is 6.08 Å². The van der Waals surface area contributed by atoms with Crippen LogP contribution < -0.4 is 15.8 Å². The average Bonchev–Trinajstić information content (AvgIpc) is 2.59. The first-order valence-corrected chi connectivity index (χ1v) is 7.55. The minimum Gasteiger partial charge on any atom is -0.496 e. The summed E-state index contributed by atoms with van der Waals surface area (Å²) in [4.78, 5) is 22.9. The molecule has 3 N–H and O–H groups in total. The van der Waals surface area contributed by atoms with Crippen molar-refractivity contribution in [1.82, 2.24) is 5.32 Å². The zero-order valence-electron chi connectivity index (χ0n) is 13.1. The number of primary amides is 1. The largest absolute Gasteiger partial charge is 0.496 e. The molecule has 0 aliphatic carbocycles. The lowest BCUT2D eigenvalue weighted by Gasteiger charge is -2.09. The lowest BCUT2D eigenvalue weighted by Crippen LogP contribution is -2.20. The van der Waals surface area contributed by atoms with Gasteiger partial charge < -0.3 is 15.8 Å². The third kappa shape index (κ3) is 4.86. The number of amides is 2. The number of nitrogens with one attached hydrogen (secondary N) is 1. The van der Waals surface area contributed by atoms with E-state index in [4.69, 9.17) is 22.1 Å². The molecular weight excluding hydrogens is 328 g/mol. The minimum atomic E-state index is -0.486. The van der Waals surface area contributed by atoms with Crippen LogP contribution in [-0.2, 0) is 11.3 Å². The van der Waals surface area contributed by atoms with E-state index in [1.807, 2.05) is 0 Å². The highest BCUT2D eigenvalue weighted by molar-refractivity contribution is 6.30. The Kier molecular flexibility index (Phi) is 5.98. The van der Waals surface area contributed by atoms with E-state index in [0.29, 0.717) is 22.9 Å². The van der Waals surface area contributed by atoms with E-state index in [1.165, 1.54) is 6.08 Å². The lowest BCUT2D eigenvalue weighted by molar-refractivity contribution is -0.116. The summed E-state index contributed by atoms with van der Waals surface area (Å²) >= 11 is 5.90. The second-order valence-electron chi connectivity index (χ2n) is 4.99. The number of methoxy groups -OCH3 is 1. The fraction of sp³-hybridized carbons (Fsp3) is 0.111. The van der Waals surface area contributed by atoms with Gasteiger partial charge in [0.05, 0.1) is 7.11 Å². The molecule has 0 unspecified atom stereocenters. The van der Waals surface area contributed by atoms with Gasteiger partial charge in [0.2, 0.25) is 11.8 Å². The van der Waals surface area contributed by atoms with Crippen molar-refractivity contribution in [2.75, 3.05) is 7.11 Å². The van der Waals surface area contributed by atoms with Crippen LogP contribution >= 0.6 is 11.6 Å². The summed E-state index contributed by atoms with van der Waals surface area (Å²) in [6.07, 6.45) is 3.07. The summed E-state index contributed by atoms with van der Waals surface area (Å²) in [5, 5.41) is 3.34. The van der Waals surface area contributed by atoms with Crippen molar-refractivity contribution >= 4 is 29.5 Å². The average molecular weight is 345 g/mol. The smallest absolute Gasteiger partial charge is 0.248 e. The van der Waals surface area contributed by atoms with Crippen molar-refractivity contribution in [1.29, 1.82) is 0 Å². The highest BCUT2D eigenvalue weighted by atomic mass is 35.5. The molecule has 0 bridgehead atoms. The van der Waals surface area contributed by atoms with Gasteiger partial charge in [-0.3, -0.25) is 9.59 Å². The van der Waals surface area contributed by atoms with Crippen molar-refractivity contribution in [3.05, 3.63) is 70.3 Å². The molecule has 0 radical (unpaired) electrons. The highest BCUT2D eigenvalue weighted by Crippen LogP contribution is 2.22. The Morgan fingerprint density at radius 1 is 1.21 bits per heavy atom. The number of nitrogens with two attached hydrogens (primary N) is 1. The number of carbonyl (C=O) groups excluding carboxylic acids is 2. The second kappa shape index (κ2) is 8.17. The fourth-order valence-electron chi connectivity index (χ4n) is 2.04. The Morgan fingerprint density at radius 2 is 1.92 bits per heavy atom. The SMILES string of the molecule is COc1cc(Cl)ccc1CNC(=O)C=Cc1ccc(C(N)=O)cc1. The number of benzene rings is 2. The van der Waals surface area contributed by atoms with E-state index in [1.54, 1.807) is 55.7 Å². The molecule has 2 aromatic carbocycles. The minimum absolute atomic E-state index is 0.244. The molecule has 5 nitrogen and oxygen atoms in total. The molecule has 2 aromatic rings. The fourth-order valence-corrected chi connectivity index (χ4v) is 2.20. The second-order valence-corrected chi connectivity index (χ2v) is 5.43. The zero-order valence-corrected chi connectivity index (χ0v) is 13.8. The van der Waals surface area contributed by atoms with Crippen LogP contribution in [0, 0.1) is 0 Å². The first-order valence-electron chi connectivity index (χ1n) is 7.18. The van der Waals surface area contributed by atoms with Crippen LogP contribution in [0.2, 0.25) is 5.02 Å². The Labute approximate surface area is 145 Å². The molecule has 2 rings (SSSR count). The topological polar surface area (TPSA) is 81.4 Å². The van der Waals surface area contributed by atoms with Crippen LogP contribution in [0.3, 0.4) is 0 Å². The molecule has 0 spiro atoms. The van der Waals surface area contributed by atoms with Crippen LogP contribution in [0.15, 0.2) is 48.5 Å². The maximum Gasteiger partial charge on any atom is 0.248 e. The normalized spacial score (nSPS) is 10.6. The predicted octanol–water partition coefficient (Wildman–Crippen LogP) is 2.78. The summed E-state index contributed by atoms with van der Waals surface area (Å²) in [7, 11) is 1.55. The van der Waals surface area contributed by atoms with Crippen molar-refractivity contribution in [2.45, 2.75) is 6.54 Å².